The fourth-order valence-corrected chi connectivity index (χ4v) is 2.78. The second kappa shape index (κ2) is 5.42. The molecule has 2 rings (SSSR count). The number of hydrogen-bond acceptors (Lipinski definition) is 3. The van der Waals surface area contributed by atoms with Crippen LogP contribution in [-0.4, -0.2) is 31.2 Å². The van der Waals surface area contributed by atoms with Gasteiger partial charge in [-0.15, -0.1) is 0 Å². The van der Waals surface area contributed by atoms with Crippen molar-refractivity contribution in [2.24, 2.45) is 0 Å². The minimum absolute atomic E-state index is 0.621. The van der Waals surface area contributed by atoms with E-state index in [0.717, 1.165) is 18.7 Å². The van der Waals surface area contributed by atoms with Gasteiger partial charge in [0.25, 0.3) is 0 Å². The van der Waals surface area contributed by atoms with Gasteiger partial charge in [-0.3, -0.25) is 0 Å². The first-order valence-corrected chi connectivity index (χ1v) is 6.48. The molecule has 1 aromatic carbocycles. The SMILES string of the molecule is COc1cccc(CC2CSCCN2)c1. The quantitative estimate of drug-likeness (QED) is 0.846. The summed E-state index contributed by atoms with van der Waals surface area (Å²) in [6.45, 7) is 1.14. The minimum Gasteiger partial charge on any atom is -0.497 e. The average Bonchev–Trinajstić information content (AvgIpc) is 2.31. The first-order valence-electron chi connectivity index (χ1n) is 5.32. The van der Waals surface area contributed by atoms with Crippen molar-refractivity contribution in [3.05, 3.63) is 29.8 Å². The average molecular weight is 223 g/mol. The maximum Gasteiger partial charge on any atom is 0.119 e. The summed E-state index contributed by atoms with van der Waals surface area (Å²) in [7, 11) is 1.72. The van der Waals surface area contributed by atoms with Gasteiger partial charge in [-0.2, -0.15) is 11.8 Å². The van der Waals surface area contributed by atoms with Crippen molar-refractivity contribution in [1.29, 1.82) is 0 Å². The van der Waals surface area contributed by atoms with Crippen LogP contribution >= 0.6 is 11.8 Å². The van der Waals surface area contributed by atoms with Gasteiger partial charge < -0.3 is 10.1 Å². The predicted molar refractivity (Wildman–Crippen MR) is 65.8 cm³/mol. The Balaban J connectivity index is 1.96. The van der Waals surface area contributed by atoms with E-state index in [0.29, 0.717) is 6.04 Å². The van der Waals surface area contributed by atoms with E-state index in [1.165, 1.54) is 17.1 Å². The largest absolute Gasteiger partial charge is 0.497 e. The molecule has 2 nitrogen and oxygen atoms in total. The van der Waals surface area contributed by atoms with Crippen LogP contribution in [0, 0.1) is 0 Å². The third-order valence-electron chi connectivity index (χ3n) is 2.61. The first-order chi connectivity index (χ1) is 7.38. The molecule has 1 heterocycles. The van der Waals surface area contributed by atoms with Crippen LogP contribution in [0.4, 0.5) is 0 Å². The Labute approximate surface area is 95.4 Å². The monoisotopic (exact) mass is 223 g/mol. The van der Waals surface area contributed by atoms with Crippen molar-refractivity contribution in [3.8, 4) is 5.75 Å². The van der Waals surface area contributed by atoms with Crippen LogP contribution in [-0.2, 0) is 6.42 Å². The molecule has 1 aliphatic heterocycles. The lowest BCUT2D eigenvalue weighted by Crippen LogP contribution is -2.38. The predicted octanol–water partition coefficient (Wildman–Crippen LogP) is 1.94. The van der Waals surface area contributed by atoms with E-state index in [1.54, 1.807) is 7.11 Å². The standard InChI is InChI=1S/C12H17NOS/c1-14-12-4-2-3-10(8-12)7-11-9-15-6-5-13-11/h2-4,8,11,13H,5-7,9H2,1H3. The Kier molecular flexibility index (Phi) is 3.92. The Hall–Kier alpha value is -0.670. The molecule has 0 spiro atoms. The number of ether oxygens (including phenoxy) is 1. The van der Waals surface area contributed by atoms with Gasteiger partial charge in [0.05, 0.1) is 7.11 Å². The van der Waals surface area contributed by atoms with E-state index in [4.69, 9.17) is 4.74 Å². The summed E-state index contributed by atoms with van der Waals surface area (Å²) < 4.78 is 5.22. The highest BCUT2D eigenvalue weighted by atomic mass is 32.2. The molecule has 0 aromatic heterocycles. The molecule has 1 saturated heterocycles. The van der Waals surface area contributed by atoms with Gasteiger partial charge in [-0.1, -0.05) is 12.1 Å². The van der Waals surface area contributed by atoms with Crippen molar-refractivity contribution in [2.75, 3.05) is 25.2 Å². The molecule has 1 aliphatic rings. The smallest absolute Gasteiger partial charge is 0.119 e. The lowest BCUT2D eigenvalue weighted by atomic mass is 10.1. The lowest BCUT2D eigenvalue weighted by molar-refractivity contribution is 0.414. The van der Waals surface area contributed by atoms with Crippen LogP contribution < -0.4 is 10.1 Å². The fraction of sp³-hybridized carbons (Fsp3) is 0.500. The number of hydrogen-bond donors (Lipinski definition) is 1. The summed E-state index contributed by atoms with van der Waals surface area (Å²) in [4.78, 5) is 0. The Bertz CT molecular complexity index is 310. The summed E-state index contributed by atoms with van der Waals surface area (Å²) in [5, 5.41) is 3.54. The molecule has 82 valence electrons. The van der Waals surface area contributed by atoms with E-state index in [-0.39, 0.29) is 0 Å². The number of rotatable bonds is 3. The van der Waals surface area contributed by atoms with Crippen LogP contribution in [0.25, 0.3) is 0 Å². The molecule has 0 bridgehead atoms. The van der Waals surface area contributed by atoms with E-state index >= 15 is 0 Å². The van der Waals surface area contributed by atoms with Crippen molar-refractivity contribution in [3.63, 3.8) is 0 Å². The van der Waals surface area contributed by atoms with Gasteiger partial charge >= 0.3 is 0 Å². The molecule has 15 heavy (non-hydrogen) atoms. The van der Waals surface area contributed by atoms with Gasteiger partial charge in [-0.25, -0.2) is 0 Å². The normalized spacial score (nSPS) is 21.3. The lowest BCUT2D eigenvalue weighted by Gasteiger charge is -2.23. The van der Waals surface area contributed by atoms with E-state index in [2.05, 4.69) is 23.5 Å². The third kappa shape index (κ3) is 3.14. The van der Waals surface area contributed by atoms with Crippen LogP contribution in [0.5, 0.6) is 5.75 Å². The number of benzene rings is 1. The second-order valence-corrected chi connectivity index (χ2v) is 4.93. The van der Waals surface area contributed by atoms with Crippen molar-refractivity contribution >= 4 is 11.8 Å². The maximum atomic E-state index is 5.22. The fourth-order valence-electron chi connectivity index (χ4n) is 1.83. The van der Waals surface area contributed by atoms with Gasteiger partial charge in [0, 0.05) is 24.1 Å². The second-order valence-electron chi connectivity index (χ2n) is 3.78. The summed E-state index contributed by atoms with van der Waals surface area (Å²) >= 11 is 2.04. The zero-order valence-corrected chi connectivity index (χ0v) is 9.85. The van der Waals surface area contributed by atoms with Gasteiger partial charge in [0.1, 0.15) is 5.75 Å². The zero-order chi connectivity index (χ0) is 10.5. The van der Waals surface area contributed by atoms with Crippen LogP contribution in [0.2, 0.25) is 0 Å². The summed E-state index contributed by atoms with van der Waals surface area (Å²) in [6, 6.07) is 8.97. The number of methoxy groups -OCH3 is 1. The molecular weight excluding hydrogens is 206 g/mol. The Morgan fingerprint density at radius 1 is 1.53 bits per heavy atom. The number of thioether (sulfide) groups is 1. The Morgan fingerprint density at radius 3 is 3.20 bits per heavy atom. The zero-order valence-electron chi connectivity index (χ0n) is 9.03. The summed E-state index contributed by atoms with van der Waals surface area (Å²) in [5.74, 6) is 3.42. The molecule has 1 atom stereocenters. The molecule has 1 fully saturated rings. The van der Waals surface area contributed by atoms with Crippen LogP contribution in [0.15, 0.2) is 24.3 Å². The van der Waals surface area contributed by atoms with Crippen molar-refractivity contribution < 1.29 is 4.74 Å². The minimum atomic E-state index is 0.621. The van der Waals surface area contributed by atoms with Crippen molar-refractivity contribution in [1.82, 2.24) is 5.32 Å². The number of nitrogens with one attached hydrogen (secondary N) is 1. The topological polar surface area (TPSA) is 21.3 Å². The van der Waals surface area contributed by atoms with E-state index in [1.807, 2.05) is 17.8 Å². The van der Waals surface area contributed by atoms with Crippen LogP contribution in [0.1, 0.15) is 5.56 Å². The maximum absolute atomic E-state index is 5.22. The van der Waals surface area contributed by atoms with E-state index in [9.17, 15) is 0 Å². The highest BCUT2D eigenvalue weighted by Gasteiger charge is 2.13. The third-order valence-corrected chi connectivity index (χ3v) is 3.75. The molecule has 0 amide bonds. The summed E-state index contributed by atoms with van der Waals surface area (Å²) in [6.07, 6.45) is 1.10. The van der Waals surface area contributed by atoms with Crippen molar-refractivity contribution in [2.45, 2.75) is 12.5 Å². The highest BCUT2D eigenvalue weighted by molar-refractivity contribution is 7.99. The molecule has 1 aromatic rings. The molecule has 0 radical (unpaired) electrons. The molecule has 1 unspecified atom stereocenters. The molecule has 3 heteroatoms. The molecule has 0 saturated carbocycles. The highest BCUT2D eigenvalue weighted by Crippen LogP contribution is 2.16. The van der Waals surface area contributed by atoms with Gasteiger partial charge in [-0.05, 0) is 24.1 Å². The van der Waals surface area contributed by atoms with E-state index < -0.39 is 0 Å². The molecular formula is C12H17NOS. The molecule has 1 N–H and O–H groups in total. The van der Waals surface area contributed by atoms with Gasteiger partial charge in [0.2, 0.25) is 0 Å². The van der Waals surface area contributed by atoms with Crippen LogP contribution in [0.3, 0.4) is 0 Å². The summed E-state index contributed by atoms with van der Waals surface area (Å²) in [5.41, 5.74) is 1.36. The Morgan fingerprint density at radius 2 is 2.47 bits per heavy atom. The van der Waals surface area contributed by atoms with Gasteiger partial charge in [0.15, 0.2) is 0 Å². The first kappa shape index (κ1) is 10.8. The molecule has 0 aliphatic carbocycles.